The molecule has 2 N–H and O–H groups in total. The molecule has 0 fully saturated rings. The van der Waals surface area contributed by atoms with Crippen LogP contribution in [-0.2, 0) is 0 Å². The molecular formula is C20H20N2O4. The summed E-state index contributed by atoms with van der Waals surface area (Å²) in [6.45, 7) is 4.69. The molecule has 0 aliphatic carbocycles. The summed E-state index contributed by atoms with van der Waals surface area (Å²) < 4.78 is 11.0. The summed E-state index contributed by atoms with van der Waals surface area (Å²) >= 11 is 0. The van der Waals surface area contributed by atoms with Crippen LogP contribution >= 0.6 is 0 Å². The van der Waals surface area contributed by atoms with E-state index in [9.17, 15) is 9.59 Å². The van der Waals surface area contributed by atoms with E-state index in [1.54, 1.807) is 36.4 Å². The molecule has 0 atom stereocenters. The molecule has 0 spiro atoms. The number of nitrogens with one attached hydrogen (secondary N) is 2. The highest BCUT2D eigenvalue weighted by molar-refractivity contribution is 6.06. The minimum absolute atomic E-state index is 0.0351. The zero-order valence-corrected chi connectivity index (χ0v) is 14.7. The van der Waals surface area contributed by atoms with Gasteiger partial charge in [-0.2, -0.15) is 0 Å². The molecule has 0 unspecified atom stereocenters. The summed E-state index contributed by atoms with van der Waals surface area (Å²) in [5, 5.41) is 3.22. The maximum atomic E-state index is 12.7. The van der Waals surface area contributed by atoms with Crippen molar-refractivity contribution in [3.05, 3.63) is 64.4 Å². The molecule has 26 heavy (non-hydrogen) atoms. The van der Waals surface area contributed by atoms with Gasteiger partial charge in [-0.05, 0) is 38.1 Å². The normalized spacial score (nSPS) is 10.5. The second kappa shape index (κ2) is 7.74. The van der Waals surface area contributed by atoms with Crippen molar-refractivity contribution < 1.29 is 14.3 Å². The van der Waals surface area contributed by atoms with Gasteiger partial charge in [-0.15, -0.1) is 0 Å². The zero-order chi connectivity index (χ0) is 18.5. The summed E-state index contributed by atoms with van der Waals surface area (Å²) in [7, 11) is 0. The lowest BCUT2D eigenvalue weighted by molar-refractivity contribution is 0.102. The molecule has 0 radical (unpaired) electrons. The number of para-hydroxylation sites is 1. The number of carbonyl (C=O) groups excluding carboxylic acids is 1. The number of amides is 1. The first kappa shape index (κ1) is 17.5. The molecule has 0 saturated carbocycles. The Labute approximate surface area is 150 Å². The Morgan fingerprint density at radius 1 is 1.08 bits per heavy atom. The Kier molecular flexibility index (Phi) is 5.22. The van der Waals surface area contributed by atoms with E-state index in [2.05, 4.69) is 10.3 Å². The molecule has 2 aromatic carbocycles. The van der Waals surface area contributed by atoms with Gasteiger partial charge in [0.1, 0.15) is 17.1 Å². The second-order valence-electron chi connectivity index (χ2n) is 5.56. The van der Waals surface area contributed by atoms with E-state index in [1.807, 2.05) is 19.9 Å². The molecule has 0 saturated heterocycles. The molecule has 3 aromatic rings. The first-order valence-electron chi connectivity index (χ1n) is 8.45. The second-order valence-corrected chi connectivity index (χ2v) is 5.56. The van der Waals surface area contributed by atoms with Gasteiger partial charge in [0.25, 0.3) is 5.91 Å². The monoisotopic (exact) mass is 352 g/mol. The van der Waals surface area contributed by atoms with Gasteiger partial charge >= 0.3 is 0 Å². The fraction of sp³-hybridized carbons (Fsp3) is 0.200. The van der Waals surface area contributed by atoms with E-state index in [0.717, 1.165) is 0 Å². The molecule has 1 amide bonds. The van der Waals surface area contributed by atoms with Crippen LogP contribution in [0.1, 0.15) is 24.2 Å². The summed E-state index contributed by atoms with van der Waals surface area (Å²) in [6.07, 6.45) is 1.42. The van der Waals surface area contributed by atoms with Crippen LogP contribution in [0.15, 0.2) is 53.5 Å². The highest BCUT2D eigenvalue weighted by Gasteiger charge is 2.16. The average molecular weight is 352 g/mol. The highest BCUT2D eigenvalue weighted by Crippen LogP contribution is 2.29. The summed E-state index contributed by atoms with van der Waals surface area (Å²) in [5.41, 5.74) is 0.849. The third kappa shape index (κ3) is 3.54. The smallest absolute Gasteiger partial charge is 0.261 e. The predicted octanol–water partition coefficient (Wildman–Crippen LogP) is 3.58. The Hall–Kier alpha value is -3.28. The van der Waals surface area contributed by atoms with Crippen LogP contribution in [0.5, 0.6) is 11.5 Å². The van der Waals surface area contributed by atoms with E-state index < -0.39 is 5.91 Å². The van der Waals surface area contributed by atoms with Gasteiger partial charge in [0.05, 0.1) is 18.9 Å². The number of carbonyl (C=O) groups is 1. The van der Waals surface area contributed by atoms with Crippen molar-refractivity contribution in [2.45, 2.75) is 13.8 Å². The lowest BCUT2D eigenvalue weighted by Gasteiger charge is -2.13. The van der Waals surface area contributed by atoms with E-state index in [1.165, 1.54) is 6.20 Å². The molecular weight excluding hydrogens is 332 g/mol. The Morgan fingerprint density at radius 2 is 1.85 bits per heavy atom. The number of ether oxygens (including phenoxy) is 2. The summed E-state index contributed by atoms with van der Waals surface area (Å²) in [6, 6.07) is 12.2. The maximum absolute atomic E-state index is 12.7. The first-order chi connectivity index (χ1) is 12.6. The Bertz CT molecular complexity index is 995. The first-order valence-corrected chi connectivity index (χ1v) is 8.45. The van der Waals surface area contributed by atoms with Crippen molar-refractivity contribution in [2.75, 3.05) is 18.5 Å². The van der Waals surface area contributed by atoms with Gasteiger partial charge in [-0.25, -0.2) is 0 Å². The number of benzene rings is 2. The number of hydrogen-bond acceptors (Lipinski definition) is 4. The van der Waals surface area contributed by atoms with Crippen molar-refractivity contribution in [1.82, 2.24) is 4.98 Å². The number of pyridine rings is 1. The molecule has 0 bridgehead atoms. The number of aromatic amines is 1. The van der Waals surface area contributed by atoms with Gasteiger partial charge in [0.15, 0.2) is 0 Å². The van der Waals surface area contributed by atoms with Crippen molar-refractivity contribution in [3.8, 4) is 11.5 Å². The van der Waals surface area contributed by atoms with Crippen LogP contribution in [0.3, 0.4) is 0 Å². The van der Waals surface area contributed by atoms with Gasteiger partial charge in [-0.1, -0.05) is 12.1 Å². The SMILES string of the molecule is CCOc1ccc(OCC)c(NC(=O)c2c[nH]c3ccccc3c2=O)c1. The minimum atomic E-state index is -0.508. The Balaban J connectivity index is 1.96. The number of aromatic nitrogens is 1. The fourth-order valence-electron chi connectivity index (χ4n) is 2.67. The molecule has 1 heterocycles. The van der Waals surface area contributed by atoms with Crippen molar-refractivity contribution in [3.63, 3.8) is 0 Å². The predicted molar refractivity (Wildman–Crippen MR) is 101 cm³/mol. The fourth-order valence-corrected chi connectivity index (χ4v) is 2.67. The number of anilines is 1. The number of fused-ring (bicyclic) bond motifs is 1. The quantitative estimate of drug-likeness (QED) is 0.711. The molecule has 6 nitrogen and oxygen atoms in total. The number of hydrogen-bond donors (Lipinski definition) is 2. The van der Waals surface area contributed by atoms with E-state index in [-0.39, 0.29) is 11.0 Å². The van der Waals surface area contributed by atoms with Gasteiger partial charge in [0.2, 0.25) is 5.43 Å². The molecule has 0 aliphatic heterocycles. The third-order valence-electron chi connectivity index (χ3n) is 3.84. The van der Waals surface area contributed by atoms with Gasteiger partial charge in [0, 0.05) is 23.2 Å². The van der Waals surface area contributed by atoms with Crippen molar-refractivity contribution >= 4 is 22.5 Å². The topological polar surface area (TPSA) is 80.4 Å². The minimum Gasteiger partial charge on any atom is -0.494 e. The van der Waals surface area contributed by atoms with Gasteiger partial charge in [-0.3, -0.25) is 9.59 Å². The molecule has 1 aromatic heterocycles. The third-order valence-corrected chi connectivity index (χ3v) is 3.84. The lowest BCUT2D eigenvalue weighted by Crippen LogP contribution is -2.22. The van der Waals surface area contributed by atoms with Crippen LogP contribution in [0.2, 0.25) is 0 Å². The Morgan fingerprint density at radius 3 is 2.62 bits per heavy atom. The maximum Gasteiger partial charge on any atom is 0.261 e. The van der Waals surface area contributed by atoms with Crippen molar-refractivity contribution in [2.24, 2.45) is 0 Å². The van der Waals surface area contributed by atoms with E-state index >= 15 is 0 Å². The van der Waals surface area contributed by atoms with Crippen LogP contribution < -0.4 is 20.2 Å². The van der Waals surface area contributed by atoms with Crippen LogP contribution in [0.4, 0.5) is 5.69 Å². The molecule has 6 heteroatoms. The van der Waals surface area contributed by atoms with Crippen LogP contribution in [0.25, 0.3) is 10.9 Å². The number of rotatable bonds is 6. The van der Waals surface area contributed by atoms with Crippen LogP contribution in [-0.4, -0.2) is 24.1 Å². The average Bonchev–Trinajstić information content (AvgIpc) is 2.64. The zero-order valence-electron chi connectivity index (χ0n) is 14.7. The number of H-pyrrole nitrogens is 1. The van der Waals surface area contributed by atoms with Crippen molar-refractivity contribution in [1.29, 1.82) is 0 Å². The van der Waals surface area contributed by atoms with E-state index in [0.29, 0.717) is 41.3 Å². The summed E-state index contributed by atoms with van der Waals surface area (Å²) in [5.74, 6) is 0.617. The standard InChI is InChI=1S/C20H20N2O4/c1-3-25-13-9-10-18(26-4-2)17(11-13)22-20(24)15-12-21-16-8-6-5-7-14(16)19(15)23/h5-12H,3-4H2,1-2H3,(H,21,23)(H,22,24). The summed E-state index contributed by atoms with van der Waals surface area (Å²) in [4.78, 5) is 28.3. The lowest BCUT2D eigenvalue weighted by atomic mass is 10.1. The van der Waals surface area contributed by atoms with Crippen LogP contribution in [0, 0.1) is 0 Å². The largest absolute Gasteiger partial charge is 0.494 e. The molecule has 134 valence electrons. The molecule has 3 rings (SSSR count). The highest BCUT2D eigenvalue weighted by atomic mass is 16.5. The van der Waals surface area contributed by atoms with Gasteiger partial charge < -0.3 is 19.8 Å². The van der Waals surface area contributed by atoms with E-state index in [4.69, 9.17) is 9.47 Å². The molecule has 0 aliphatic rings.